The van der Waals surface area contributed by atoms with Gasteiger partial charge in [0.2, 0.25) is 0 Å². The highest BCUT2D eigenvalue weighted by molar-refractivity contribution is 5.79. The Kier molecular flexibility index (Phi) is 4.02. The molecule has 0 heterocycles. The lowest BCUT2D eigenvalue weighted by atomic mass is 9.84. The first-order valence-corrected chi connectivity index (χ1v) is 7.18. The number of aliphatic carboxylic acids is 1. The summed E-state index contributed by atoms with van der Waals surface area (Å²) in [6, 6.07) is -0.382. The Morgan fingerprint density at radius 3 is 2.53 bits per heavy atom. The number of nitrogens with one attached hydrogen (secondary N) is 1. The highest BCUT2D eigenvalue weighted by Gasteiger charge is 2.46. The van der Waals surface area contributed by atoms with Crippen molar-refractivity contribution in [3.05, 3.63) is 0 Å². The van der Waals surface area contributed by atoms with Gasteiger partial charge < -0.3 is 15.3 Å². The van der Waals surface area contributed by atoms with Crippen molar-refractivity contribution >= 4 is 12.0 Å². The summed E-state index contributed by atoms with van der Waals surface area (Å²) in [6.45, 7) is 2.52. The highest BCUT2D eigenvalue weighted by Crippen LogP contribution is 2.38. The Bertz CT molecular complexity index is 368. The molecule has 0 aromatic rings. The second-order valence-electron chi connectivity index (χ2n) is 6.29. The lowest BCUT2D eigenvalue weighted by Gasteiger charge is -2.33. The minimum absolute atomic E-state index is 0.133. The van der Waals surface area contributed by atoms with E-state index in [0.29, 0.717) is 12.3 Å². The summed E-state index contributed by atoms with van der Waals surface area (Å²) in [4.78, 5) is 25.2. The van der Waals surface area contributed by atoms with Crippen LogP contribution in [0.5, 0.6) is 0 Å². The van der Waals surface area contributed by atoms with Crippen LogP contribution in [0, 0.1) is 11.3 Å². The van der Waals surface area contributed by atoms with Crippen molar-refractivity contribution in [2.45, 2.75) is 51.5 Å². The quantitative estimate of drug-likeness (QED) is 0.820. The molecule has 0 saturated heterocycles. The third-order valence-electron chi connectivity index (χ3n) is 4.85. The van der Waals surface area contributed by atoms with E-state index in [1.165, 1.54) is 19.3 Å². The molecular weight excluding hydrogens is 244 g/mol. The molecule has 5 nitrogen and oxygen atoms in total. The Balaban J connectivity index is 1.88. The number of carboxylic acids is 1. The molecule has 0 spiro atoms. The van der Waals surface area contributed by atoms with Gasteiger partial charge in [-0.15, -0.1) is 0 Å². The van der Waals surface area contributed by atoms with Crippen molar-refractivity contribution in [1.29, 1.82) is 0 Å². The first kappa shape index (κ1) is 14.2. The minimum atomic E-state index is -0.813. The van der Waals surface area contributed by atoms with Crippen molar-refractivity contribution in [1.82, 2.24) is 10.2 Å². The zero-order chi connectivity index (χ0) is 14.0. The average Bonchev–Trinajstić information content (AvgIpc) is 2.66. The molecule has 0 bridgehead atoms. The molecule has 2 unspecified atom stereocenters. The zero-order valence-electron chi connectivity index (χ0n) is 11.8. The van der Waals surface area contributed by atoms with Gasteiger partial charge in [0.15, 0.2) is 0 Å². The second-order valence-corrected chi connectivity index (χ2v) is 6.29. The summed E-state index contributed by atoms with van der Waals surface area (Å²) in [7, 11) is 1.79. The van der Waals surface area contributed by atoms with Gasteiger partial charge in [0.25, 0.3) is 0 Å². The van der Waals surface area contributed by atoms with Gasteiger partial charge in [-0.1, -0.05) is 12.8 Å². The molecular formula is C14H24N2O3. The number of rotatable bonds is 4. The standard InChI is InChI=1S/C14H24N2O3/c1-14(12(17)18)8-4-7-11(14)15-13(19)16(2)9-10-5-3-6-10/h10-11H,3-9H2,1-2H3,(H,15,19)(H,17,18). The molecule has 2 rings (SSSR count). The fourth-order valence-corrected chi connectivity index (χ4v) is 3.06. The van der Waals surface area contributed by atoms with Gasteiger partial charge in [-0.2, -0.15) is 0 Å². The average molecular weight is 268 g/mol. The van der Waals surface area contributed by atoms with Gasteiger partial charge in [-0.3, -0.25) is 4.79 Å². The summed E-state index contributed by atoms with van der Waals surface area (Å²) in [5.41, 5.74) is -0.813. The fraction of sp³-hybridized carbons (Fsp3) is 0.857. The number of amides is 2. The van der Waals surface area contributed by atoms with Crippen LogP contribution >= 0.6 is 0 Å². The SMILES string of the molecule is CN(CC1CCC1)C(=O)NC1CCCC1(C)C(=O)O. The molecule has 2 fully saturated rings. The van der Waals surface area contributed by atoms with Crippen LogP contribution < -0.4 is 5.32 Å². The van der Waals surface area contributed by atoms with E-state index in [1.54, 1.807) is 18.9 Å². The summed E-state index contributed by atoms with van der Waals surface area (Å²) in [6.07, 6.45) is 5.92. The van der Waals surface area contributed by atoms with Crippen LogP contribution in [-0.4, -0.2) is 41.6 Å². The molecule has 0 aromatic heterocycles. The molecule has 2 saturated carbocycles. The van der Waals surface area contributed by atoms with Crippen LogP contribution in [0.25, 0.3) is 0 Å². The number of carboxylic acid groups (broad SMARTS) is 1. The van der Waals surface area contributed by atoms with Crippen LogP contribution in [0.2, 0.25) is 0 Å². The van der Waals surface area contributed by atoms with E-state index in [4.69, 9.17) is 0 Å². The maximum Gasteiger partial charge on any atom is 0.317 e. The first-order valence-electron chi connectivity index (χ1n) is 7.18. The van der Waals surface area contributed by atoms with Crippen molar-refractivity contribution in [2.24, 2.45) is 11.3 Å². The second kappa shape index (κ2) is 5.39. The minimum Gasteiger partial charge on any atom is -0.481 e. The molecule has 0 aromatic carbocycles. The van der Waals surface area contributed by atoms with Gasteiger partial charge >= 0.3 is 12.0 Å². The lowest BCUT2D eigenvalue weighted by Crippen LogP contribution is -2.51. The maximum absolute atomic E-state index is 12.1. The van der Waals surface area contributed by atoms with Gasteiger partial charge in [-0.05, 0) is 38.5 Å². The van der Waals surface area contributed by atoms with E-state index >= 15 is 0 Å². The molecule has 19 heavy (non-hydrogen) atoms. The smallest absolute Gasteiger partial charge is 0.317 e. The molecule has 2 atom stereocenters. The van der Waals surface area contributed by atoms with Crippen LogP contribution in [0.3, 0.4) is 0 Å². The molecule has 108 valence electrons. The van der Waals surface area contributed by atoms with Crippen LogP contribution in [0.4, 0.5) is 4.79 Å². The van der Waals surface area contributed by atoms with Crippen LogP contribution in [0.15, 0.2) is 0 Å². The summed E-state index contributed by atoms with van der Waals surface area (Å²) < 4.78 is 0. The molecule has 0 radical (unpaired) electrons. The number of carbonyl (C=O) groups excluding carboxylic acids is 1. The highest BCUT2D eigenvalue weighted by atomic mass is 16.4. The number of carbonyl (C=O) groups is 2. The Morgan fingerprint density at radius 2 is 2.00 bits per heavy atom. The van der Waals surface area contributed by atoms with E-state index in [-0.39, 0.29) is 12.1 Å². The van der Waals surface area contributed by atoms with Crippen molar-refractivity contribution in [3.63, 3.8) is 0 Å². The molecule has 0 aliphatic heterocycles. The van der Waals surface area contributed by atoms with Crippen molar-refractivity contribution < 1.29 is 14.7 Å². The van der Waals surface area contributed by atoms with Gasteiger partial charge in [0.05, 0.1) is 5.41 Å². The van der Waals surface area contributed by atoms with E-state index in [1.807, 2.05) is 0 Å². The van der Waals surface area contributed by atoms with Crippen molar-refractivity contribution in [3.8, 4) is 0 Å². The molecule has 2 aliphatic carbocycles. The third-order valence-corrected chi connectivity index (χ3v) is 4.85. The maximum atomic E-state index is 12.1. The van der Waals surface area contributed by atoms with Crippen LogP contribution in [0.1, 0.15) is 45.4 Å². The van der Waals surface area contributed by atoms with E-state index in [0.717, 1.165) is 19.4 Å². The van der Waals surface area contributed by atoms with Crippen LogP contribution in [-0.2, 0) is 4.79 Å². The van der Waals surface area contributed by atoms with Gasteiger partial charge in [-0.25, -0.2) is 4.79 Å². The summed E-state index contributed by atoms with van der Waals surface area (Å²) in [5.74, 6) is -0.179. The number of nitrogens with zero attached hydrogens (tertiary/aromatic N) is 1. The lowest BCUT2D eigenvalue weighted by molar-refractivity contribution is -0.148. The fourth-order valence-electron chi connectivity index (χ4n) is 3.06. The third kappa shape index (κ3) is 2.85. The molecule has 2 amide bonds. The van der Waals surface area contributed by atoms with Crippen molar-refractivity contribution in [2.75, 3.05) is 13.6 Å². The summed E-state index contributed by atoms with van der Waals surface area (Å²) >= 11 is 0. The Hall–Kier alpha value is -1.26. The summed E-state index contributed by atoms with van der Waals surface area (Å²) in [5, 5.41) is 12.2. The monoisotopic (exact) mass is 268 g/mol. The van der Waals surface area contributed by atoms with E-state index in [2.05, 4.69) is 5.32 Å². The Labute approximate surface area is 114 Å². The van der Waals surface area contributed by atoms with Gasteiger partial charge in [0.1, 0.15) is 0 Å². The normalized spacial score (nSPS) is 30.7. The topological polar surface area (TPSA) is 69.6 Å². The molecule has 5 heteroatoms. The number of hydrogen-bond acceptors (Lipinski definition) is 2. The predicted molar refractivity (Wildman–Crippen MR) is 71.9 cm³/mol. The van der Waals surface area contributed by atoms with Gasteiger partial charge in [0, 0.05) is 19.6 Å². The van der Waals surface area contributed by atoms with E-state index in [9.17, 15) is 14.7 Å². The predicted octanol–water partition coefficient (Wildman–Crippen LogP) is 2.07. The van der Waals surface area contributed by atoms with E-state index < -0.39 is 11.4 Å². The molecule has 2 N–H and O–H groups in total. The number of hydrogen-bond donors (Lipinski definition) is 2. The zero-order valence-corrected chi connectivity index (χ0v) is 11.8. The largest absolute Gasteiger partial charge is 0.481 e. The Morgan fingerprint density at radius 1 is 1.32 bits per heavy atom. The first-order chi connectivity index (χ1) is 8.93. The molecule has 2 aliphatic rings. The number of urea groups is 1.